The molecule has 1 saturated heterocycles. The van der Waals surface area contributed by atoms with E-state index in [2.05, 4.69) is 35.8 Å². The molecule has 0 aromatic carbocycles. The zero-order chi connectivity index (χ0) is 14.7. The van der Waals surface area contributed by atoms with Crippen LogP contribution in [-0.2, 0) is 4.74 Å². The van der Waals surface area contributed by atoms with Gasteiger partial charge >= 0.3 is 5.97 Å². The molecule has 1 fully saturated rings. The maximum atomic E-state index is 11.6. The molecule has 0 radical (unpaired) electrons. The number of nitrogens with zero attached hydrogens (tertiary/aromatic N) is 3. The van der Waals surface area contributed by atoms with E-state index in [1.54, 1.807) is 19.2 Å². The quantitative estimate of drug-likeness (QED) is 0.783. The molecule has 2 rings (SSSR count). The van der Waals surface area contributed by atoms with Crippen molar-refractivity contribution in [3.8, 4) is 0 Å². The van der Waals surface area contributed by atoms with Crippen LogP contribution in [0.15, 0.2) is 18.3 Å². The van der Waals surface area contributed by atoms with Gasteiger partial charge in [-0.25, -0.2) is 9.78 Å². The van der Waals surface area contributed by atoms with E-state index >= 15 is 0 Å². The number of ether oxygens (including phenoxy) is 1. The minimum absolute atomic E-state index is 0.312. The van der Waals surface area contributed by atoms with Gasteiger partial charge < -0.3 is 14.5 Å². The Morgan fingerprint density at radius 3 is 2.70 bits per heavy atom. The Hall–Kier alpha value is -1.62. The number of carbonyl (C=O) groups is 1. The predicted molar refractivity (Wildman–Crippen MR) is 79.0 cm³/mol. The average Bonchev–Trinajstić information content (AvgIpc) is 2.81. The van der Waals surface area contributed by atoms with Gasteiger partial charge in [0.25, 0.3) is 0 Å². The van der Waals surface area contributed by atoms with Gasteiger partial charge in [-0.15, -0.1) is 0 Å². The molecule has 2 unspecified atom stereocenters. The minimum Gasteiger partial charge on any atom is -0.462 e. The van der Waals surface area contributed by atoms with Crippen LogP contribution in [0.4, 0.5) is 5.82 Å². The van der Waals surface area contributed by atoms with Gasteiger partial charge in [0.1, 0.15) is 5.82 Å². The summed E-state index contributed by atoms with van der Waals surface area (Å²) in [5.41, 5.74) is 0.506. The molecule has 1 aliphatic heterocycles. The van der Waals surface area contributed by atoms with Gasteiger partial charge in [0.2, 0.25) is 0 Å². The first kappa shape index (κ1) is 14.8. The molecule has 20 heavy (non-hydrogen) atoms. The Kier molecular flexibility index (Phi) is 4.60. The van der Waals surface area contributed by atoms with Crippen LogP contribution in [0.1, 0.15) is 24.2 Å². The Morgan fingerprint density at radius 1 is 1.45 bits per heavy atom. The third kappa shape index (κ3) is 3.10. The lowest BCUT2D eigenvalue weighted by atomic mass is 10.1. The summed E-state index contributed by atoms with van der Waals surface area (Å²) in [5.74, 6) is 1.22. The van der Waals surface area contributed by atoms with Crippen LogP contribution in [0.3, 0.4) is 0 Å². The van der Waals surface area contributed by atoms with Crippen molar-refractivity contribution in [3.63, 3.8) is 0 Å². The van der Waals surface area contributed by atoms with E-state index in [0.717, 1.165) is 18.9 Å². The summed E-state index contributed by atoms with van der Waals surface area (Å²) in [5, 5.41) is 0. The maximum absolute atomic E-state index is 11.6. The first-order valence-corrected chi connectivity index (χ1v) is 7.07. The molecule has 0 amide bonds. The number of pyridine rings is 1. The third-order valence-corrected chi connectivity index (χ3v) is 3.82. The highest BCUT2D eigenvalue weighted by atomic mass is 16.5. The highest BCUT2D eigenvalue weighted by Crippen LogP contribution is 2.24. The normalized spacial score (nSPS) is 22.4. The SMILES string of the molecule is CCOC(=O)c1ccc(N2CC(C)C(N(C)C)C2)nc1. The molecule has 0 spiro atoms. The molecule has 2 heterocycles. The van der Waals surface area contributed by atoms with Crippen LogP contribution >= 0.6 is 0 Å². The number of esters is 1. The standard InChI is InChI=1S/C15H23N3O2/c1-5-20-15(19)12-6-7-14(16-8-12)18-9-11(2)13(10-18)17(3)4/h6-8,11,13H,5,9-10H2,1-4H3. The highest BCUT2D eigenvalue weighted by Gasteiger charge is 2.31. The maximum Gasteiger partial charge on any atom is 0.339 e. The van der Waals surface area contributed by atoms with Gasteiger partial charge in [-0.2, -0.15) is 0 Å². The third-order valence-electron chi connectivity index (χ3n) is 3.82. The van der Waals surface area contributed by atoms with Crippen molar-refractivity contribution in [1.82, 2.24) is 9.88 Å². The average molecular weight is 277 g/mol. The Labute approximate surface area is 120 Å². The minimum atomic E-state index is -0.312. The van der Waals surface area contributed by atoms with E-state index in [0.29, 0.717) is 24.1 Å². The molecule has 0 bridgehead atoms. The van der Waals surface area contributed by atoms with E-state index in [1.807, 2.05) is 6.07 Å². The number of rotatable bonds is 4. The summed E-state index contributed by atoms with van der Waals surface area (Å²) >= 11 is 0. The van der Waals surface area contributed by atoms with Crippen molar-refractivity contribution in [2.75, 3.05) is 38.7 Å². The van der Waals surface area contributed by atoms with Crippen molar-refractivity contribution in [2.45, 2.75) is 19.9 Å². The second-order valence-corrected chi connectivity index (χ2v) is 5.54. The highest BCUT2D eigenvalue weighted by molar-refractivity contribution is 5.89. The summed E-state index contributed by atoms with van der Waals surface area (Å²) in [7, 11) is 4.23. The fourth-order valence-electron chi connectivity index (χ4n) is 2.72. The van der Waals surface area contributed by atoms with Crippen molar-refractivity contribution < 1.29 is 9.53 Å². The number of aromatic nitrogens is 1. The molecule has 2 atom stereocenters. The van der Waals surface area contributed by atoms with Crippen LogP contribution < -0.4 is 4.90 Å². The number of hydrogen-bond acceptors (Lipinski definition) is 5. The van der Waals surface area contributed by atoms with Gasteiger partial charge in [-0.05, 0) is 39.1 Å². The predicted octanol–water partition coefficient (Wildman–Crippen LogP) is 1.64. The van der Waals surface area contributed by atoms with Crippen molar-refractivity contribution >= 4 is 11.8 Å². The van der Waals surface area contributed by atoms with E-state index in [1.165, 1.54) is 0 Å². The Morgan fingerprint density at radius 2 is 2.20 bits per heavy atom. The van der Waals surface area contributed by atoms with E-state index in [4.69, 9.17) is 4.74 Å². The molecule has 0 N–H and O–H groups in total. The molecule has 110 valence electrons. The largest absolute Gasteiger partial charge is 0.462 e. The van der Waals surface area contributed by atoms with Crippen LogP contribution in [-0.4, -0.2) is 55.7 Å². The molecular weight excluding hydrogens is 254 g/mol. The van der Waals surface area contributed by atoms with Crippen LogP contribution in [0.2, 0.25) is 0 Å². The summed E-state index contributed by atoms with van der Waals surface area (Å²) in [6.07, 6.45) is 1.60. The van der Waals surface area contributed by atoms with Crippen molar-refractivity contribution in [3.05, 3.63) is 23.9 Å². The van der Waals surface area contributed by atoms with Gasteiger partial charge in [0, 0.05) is 25.3 Å². The van der Waals surface area contributed by atoms with E-state index < -0.39 is 0 Å². The summed E-state index contributed by atoms with van der Waals surface area (Å²) < 4.78 is 4.96. The number of anilines is 1. The molecule has 5 nitrogen and oxygen atoms in total. The van der Waals surface area contributed by atoms with Gasteiger partial charge in [-0.1, -0.05) is 6.92 Å². The molecule has 5 heteroatoms. The fraction of sp³-hybridized carbons (Fsp3) is 0.600. The van der Waals surface area contributed by atoms with Gasteiger partial charge in [-0.3, -0.25) is 0 Å². The van der Waals surface area contributed by atoms with E-state index in [-0.39, 0.29) is 5.97 Å². The molecule has 0 aliphatic carbocycles. The smallest absolute Gasteiger partial charge is 0.339 e. The fourth-order valence-corrected chi connectivity index (χ4v) is 2.72. The first-order valence-electron chi connectivity index (χ1n) is 7.07. The van der Waals surface area contributed by atoms with Crippen LogP contribution in [0, 0.1) is 5.92 Å². The number of carbonyl (C=O) groups excluding carboxylic acids is 1. The molecule has 1 aliphatic rings. The Balaban J connectivity index is 2.06. The topological polar surface area (TPSA) is 45.7 Å². The molecule has 1 aromatic heterocycles. The number of hydrogen-bond donors (Lipinski definition) is 0. The van der Waals surface area contributed by atoms with Crippen LogP contribution in [0.5, 0.6) is 0 Å². The summed E-state index contributed by atoms with van der Waals surface area (Å²) in [6, 6.07) is 4.23. The summed E-state index contributed by atoms with van der Waals surface area (Å²) in [6.45, 7) is 6.41. The van der Waals surface area contributed by atoms with Crippen LogP contribution in [0.25, 0.3) is 0 Å². The second-order valence-electron chi connectivity index (χ2n) is 5.54. The zero-order valence-electron chi connectivity index (χ0n) is 12.7. The first-order chi connectivity index (χ1) is 9.52. The molecular formula is C15H23N3O2. The van der Waals surface area contributed by atoms with Crippen molar-refractivity contribution in [1.29, 1.82) is 0 Å². The lowest BCUT2D eigenvalue weighted by Crippen LogP contribution is -2.34. The molecule has 0 saturated carbocycles. The monoisotopic (exact) mass is 277 g/mol. The Bertz CT molecular complexity index is 459. The number of likely N-dealkylation sites (N-methyl/N-ethyl adjacent to an activating group) is 1. The lowest BCUT2D eigenvalue weighted by molar-refractivity contribution is 0.0526. The van der Waals surface area contributed by atoms with Gasteiger partial charge in [0.05, 0.1) is 12.2 Å². The lowest BCUT2D eigenvalue weighted by Gasteiger charge is -2.22. The van der Waals surface area contributed by atoms with Gasteiger partial charge in [0.15, 0.2) is 0 Å². The summed E-state index contributed by atoms with van der Waals surface area (Å²) in [4.78, 5) is 20.5. The van der Waals surface area contributed by atoms with Crippen molar-refractivity contribution in [2.24, 2.45) is 5.92 Å². The van der Waals surface area contributed by atoms with E-state index in [9.17, 15) is 4.79 Å². The zero-order valence-corrected chi connectivity index (χ0v) is 12.7. The molecule has 1 aromatic rings. The second kappa shape index (κ2) is 6.22.